The fraction of sp³-hybridized carbons (Fsp3) is 0.650. The predicted octanol–water partition coefficient (Wildman–Crippen LogP) is 2.60. The second kappa shape index (κ2) is 8.69. The Balaban J connectivity index is 1.60. The molecule has 0 radical (unpaired) electrons. The molecule has 3 rings (SSSR count). The van der Waals surface area contributed by atoms with E-state index in [0.29, 0.717) is 37.1 Å². The van der Waals surface area contributed by atoms with Gasteiger partial charge in [-0.15, -0.1) is 0 Å². The highest BCUT2D eigenvalue weighted by molar-refractivity contribution is 7.89. The zero-order chi connectivity index (χ0) is 20.5. The Morgan fingerprint density at radius 2 is 1.82 bits per heavy atom. The van der Waals surface area contributed by atoms with Gasteiger partial charge in [0, 0.05) is 44.3 Å². The quantitative estimate of drug-likeness (QED) is 0.700. The highest BCUT2D eigenvalue weighted by Gasteiger charge is 2.38. The van der Waals surface area contributed by atoms with Crippen molar-refractivity contribution in [3.63, 3.8) is 0 Å². The summed E-state index contributed by atoms with van der Waals surface area (Å²) in [7, 11) is -3.56. The van der Waals surface area contributed by atoms with E-state index < -0.39 is 10.0 Å². The first-order valence-electron chi connectivity index (χ1n) is 9.99. The van der Waals surface area contributed by atoms with Crippen LogP contribution in [0.15, 0.2) is 23.1 Å². The summed E-state index contributed by atoms with van der Waals surface area (Å²) in [4.78, 5) is 17.1. The van der Waals surface area contributed by atoms with Crippen LogP contribution in [0.4, 0.5) is 0 Å². The van der Waals surface area contributed by atoms with Crippen molar-refractivity contribution in [1.29, 1.82) is 0 Å². The van der Waals surface area contributed by atoms with Gasteiger partial charge in [-0.1, -0.05) is 31.5 Å². The summed E-state index contributed by atoms with van der Waals surface area (Å²) in [5.74, 6) is 0.776. The van der Waals surface area contributed by atoms with E-state index in [2.05, 4.69) is 18.7 Å². The normalized spacial score (nSPS) is 22.4. The molecule has 2 aliphatic heterocycles. The Kier molecular flexibility index (Phi) is 6.69. The molecule has 1 atom stereocenters. The standard InChI is InChI=1S/C20H30ClN3O3S/c1-15(2)6-8-23-9-7-19(20(23)25)22-10-12-24(13-11-22)28(26,27)17-5-4-16(3)18(21)14-17/h4-5,14-15,19H,6-13H2,1-3H3. The molecule has 1 aromatic carbocycles. The first kappa shape index (κ1) is 21.6. The van der Waals surface area contributed by atoms with Crippen molar-refractivity contribution in [2.24, 2.45) is 5.92 Å². The van der Waals surface area contributed by atoms with Gasteiger partial charge in [-0.2, -0.15) is 4.31 Å². The number of sulfonamides is 1. The summed E-state index contributed by atoms with van der Waals surface area (Å²) in [6, 6.07) is 4.75. The molecule has 2 heterocycles. The molecule has 28 heavy (non-hydrogen) atoms. The summed E-state index contributed by atoms with van der Waals surface area (Å²) in [6.07, 6.45) is 1.85. The van der Waals surface area contributed by atoms with Crippen molar-refractivity contribution in [3.05, 3.63) is 28.8 Å². The van der Waals surface area contributed by atoms with Gasteiger partial charge >= 0.3 is 0 Å². The van der Waals surface area contributed by atoms with Crippen LogP contribution in [0.25, 0.3) is 0 Å². The molecular weight excluding hydrogens is 398 g/mol. The van der Waals surface area contributed by atoms with Gasteiger partial charge in [0.05, 0.1) is 10.9 Å². The summed E-state index contributed by atoms with van der Waals surface area (Å²) < 4.78 is 27.3. The van der Waals surface area contributed by atoms with E-state index in [0.717, 1.165) is 31.5 Å². The number of amides is 1. The summed E-state index contributed by atoms with van der Waals surface area (Å²) in [5, 5.41) is 0.456. The SMILES string of the molecule is Cc1ccc(S(=O)(=O)N2CCN(C3CCN(CCC(C)C)C3=O)CC2)cc1Cl. The second-order valence-electron chi connectivity index (χ2n) is 8.16. The van der Waals surface area contributed by atoms with E-state index in [9.17, 15) is 13.2 Å². The Morgan fingerprint density at radius 1 is 1.14 bits per heavy atom. The number of carbonyl (C=O) groups excluding carboxylic acids is 1. The molecular formula is C20H30ClN3O3S. The number of benzene rings is 1. The van der Waals surface area contributed by atoms with E-state index in [1.807, 2.05) is 11.8 Å². The van der Waals surface area contributed by atoms with Crippen LogP contribution in [0.2, 0.25) is 5.02 Å². The molecule has 0 aromatic heterocycles. The predicted molar refractivity (Wildman–Crippen MR) is 111 cm³/mol. The van der Waals surface area contributed by atoms with Gasteiger partial charge in [-0.3, -0.25) is 9.69 Å². The lowest BCUT2D eigenvalue weighted by Crippen LogP contribution is -2.53. The van der Waals surface area contributed by atoms with Crippen molar-refractivity contribution in [2.45, 2.75) is 44.6 Å². The van der Waals surface area contributed by atoms with Crippen molar-refractivity contribution in [1.82, 2.24) is 14.1 Å². The maximum Gasteiger partial charge on any atom is 0.243 e. The number of likely N-dealkylation sites (tertiary alicyclic amines) is 1. The smallest absolute Gasteiger partial charge is 0.243 e. The van der Waals surface area contributed by atoms with E-state index >= 15 is 0 Å². The van der Waals surface area contributed by atoms with Gasteiger partial charge < -0.3 is 4.90 Å². The number of hydrogen-bond acceptors (Lipinski definition) is 4. The van der Waals surface area contributed by atoms with Gasteiger partial charge in [-0.05, 0) is 43.4 Å². The minimum atomic E-state index is -3.56. The fourth-order valence-electron chi connectivity index (χ4n) is 3.84. The average Bonchev–Trinajstić information content (AvgIpc) is 3.02. The van der Waals surface area contributed by atoms with Gasteiger partial charge in [-0.25, -0.2) is 8.42 Å². The molecule has 0 spiro atoms. The molecule has 0 N–H and O–H groups in total. The number of piperazine rings is 1. The van der Waals surface area contributed by atoms with E-state index in [4.69, 9.17) is 11.6 Å². The minimum Gasteiger partial charge on any atom is -0.341 e. The maximum absolute atomic E-state index is 12.9. The summed E-state index contributed by atoms with van der Waals surface area (Å²) in [6.45, 7) is 9.73. The lowest BCUT2D eigenvalue weighted by Gasteiger charge is -2.36. The minimum absolute atomic E-state index is 0.106. The topological polar surface area (TPSA) is 60.9 Å². The van der Waals surface area contributed by atoms with Crippen molar-refractivity contribution in [3.8, 4) is 0 Å². The van der Waals surface area contributed by atoms with Gasteiger partial charge in [0.1, 0.15) is 0 Å². The van der Waals surface area contributed by atoms with Crippen LogP contribution in [0.3, 0.4) is 0 Å². The Bertz CT molecular complexity index is 820. The van der Waals surface area contributed by atoms with Crippen molar-refractivity contribution >= 4 is 27.5 Å². The molecule has 156 valence electrons. The zero-order valence-electron chi connectivity index (χ0n) is 16.9. The van der Waals surface area contributed by atoms with E-state index in [1.54, 1.807) is 12.1 Å². The third-order valence-corrected chi connectivity index (χ3v) is 8.04. The number of hydrogen-bond donors (Lipinski definition) is 0. The highest BCUT2D eigenvalue weighted by atomic mass is 35.5. The Labute approximate surface area is 173 Å². The van der Waals surface area contributed by atoms with Crippen LogP contribution < -0.4 is 0 Å². The monoisotopic (exact) mass is 427 g/mol. The maximum atomic E-state index is 12.9. The van der Waals surface area contributed by atoms with Crippen LogP contribution in [-0.4, -0.2) is 73.7 Å². The molecule has 1 unspecified atom stereocenters. The van der Waals surface area contributed by atoms with E-state index in [-0.39, 0.29) is 16.8 Å². The van der Waals surface area contributed by atoms with Crippen molar-refractivity contribution in [2.75, 3.05) is 39.3 Å². The van der Waals surface area contributed by atoms with Crippen LogP contribution in [0, 0.1) is 12.8 Å². The van der Waals surface area contributed by atoms with Crippen LogP contribution >= 0.6 is 11.6 Å². The first-order chi connectivity index (χ1) is 13.2. The fourth-order valence-corrected chi connectivity index (χ4v) is 5.53. The summed E-state index contributed by atoms with van der Waals surface area (Å²) >= 11 is 6.11. The number of halogens is 1. The second-order valence-corrected chi connectivity index (χ2v) is 10.5. The van der Waals surface area contributed by atoms with Crippen LogP contribution in [0.1, 0.15) is 32.3 Å². The molecule has 1 amide bonds. The number of aryl methyl sites for hydroxylation is 1. The number of carbonyl (C=O) groups is 1. The van der Waals surface area contributed by atoms with Gasteiger partial charge in [0.2, 0.25) is 15.9 Å². The Morgan fingerprint density at radius 3 is 2.43 bits per heavy atom. The lowest BCUT2D eigenvalue weighted by molar-refractivity contribution is -0.132. The van der Waals surface area contributed by atoms with Crippen molar-refractivity contribution < 1.29 is 13.2 Å². The first-order valence-corrected chi connectivity index (χ1v) is 11.8. The molecule has 2 fully saturated rings. The molecule has 1 aromatic rings. The summed E-state index contributed by atoms with van der Waals surface area (Å²) in [5.41, 5.74) is 0.854. The molecule has 0 aliphatic carbocycles. The largest absolute Gasteiger partial charge is 0.341 e. The van der Waals surface area contributed by atoms with Crippen LogP contribution in [-0.2, 0) is 14.8 Å². The van der Waals surface area contributed by atoms with Gasteiger partial charge in [0.25, 0.3) is 0 Å². The molecule has 0 bridgehead atoms. The molecule has 2 aliphatic rings. The molecule has 6 nitrogen and oxygen atoms in total. The van der Waals surface area contributed by atoms with Gasteiger partial charge in [0.15, 0.2) is 0 Å². The average molecular weight is 428 g/mol. The number of nitrogens with zero attached hydrogens (tertiary/aromatic N) is 3. The number of rotatable bonds is 6. The van der Waals surface area contributed by atoms with E-state index in [1.165, 1.54) is 10.4 Å². The lowest BCUT2D eigenvalue weighted by atomic mass is 10.1. The Hall–Kier alpha value is -1.15. The third kappa shape index (κ3) is 4.53. The molecule has 2 saturated heterocycles. The third-order valence-electron chi connectivity index (χ3n) is 5.74. The molecule has 8 heteroatoms. The molecule has 0 saturated carbocycles. The zero-order valence-corrected chi connectivity index (χ0v) is 18.5. The van der Waals surface area contributed by atoms with Crippen LogP contribution in [0.5, 0.6) is 0 Å². The highest BCUT2D eigenvalue weighted by Crippen LogP contribution is 2.25.